The molecule has 6 nitrogen and oxygen atoms in total. The third-order valence-corrected chi connectivity index (χ3v) is 2.72. The zero-order chi connectivity index (χ0) is 11.8. The number of aromatic nitrogens is 1. The van der Waals surface area contributed by atoms with E-state index in [9.17, 15) is 4.79 Å². The molecule has 1 aromatic heterocycles. The standard InChI is InChI=1S/C9H8BrN5O/c10-7-3-6(11)5(4-13-7)9(8(12)16)1-2-14-15-9/h1-4H,(H2,11,13)(H2,12,16). The summed E-state index contributed by atoms with van der Waals surface area (Å²) in [5.41, 5.74) is 10.6. The van der Waals surface area contributed by atoms with Crippen molar-refractivity contribution in [1.29, 1.82) is 0 Å². The fourth-order valence-electron chi connectivity index (χ4n) is 1.47. The molecule has 0 aromatic carbocycles. The van der Waals surface area contributed by atoms with Crippen molar-refractivity contribution in [3.8, 4) is 0 Å². The Labute approximate surface area is 99.6 Å². The fourth-order valence-corrected chi connectivity index (χ4v) is 1.82. The molecule has 1 amide bonds. The Bertz CT molecular complexity index is 499. The molecule has 7 heteroatoms. The van der Waals surface area contributed by atoms with Gasteiger partial charge in [0.2, 0.25) is 5.54 Å². The molecule has 16 heavy (non-hydrogen) atoms. The van der Waals surface area contributed by atoms with Gasteiger partial charge in [0.1, 0.15) is 4.60 Å². The highest BCUT2D eigenvalue weighted by atomic mass is 79.9. The SMILES string of the molecule is NC(=O)C1(c2cnc(Br)cc2N)C=CN=N1. The lowest BCUT2D eigenvalue weighted by Gasteiger charge is -2.20. The predicted octanol–water partition coefficient (Wildman–Crippen LogP) is 1.09. The number of carbonyl (C=O) groups excluding carboxylic acids is 1. The fraction of sp³-hybridized carbons (Fsp3) is 0.111. The third-order valence-electron chi connectivity index (χ3n) is 2.29. The van der Waals surface area contributed by atoms with Crippen LogP contribution in [-0.4, -0.2) is 10.9 Å². The lowest BCUT2D eigenvalue weighted by molar-refractivity contribution is -0.121. The summed E-state index contributed by atoms with van der Waals surface area (Å²) in [5, 5.41) is 7.48. The van der Waals surface area contributed by atoms with Crippen molar-refractivity contribution in [3.05, 3.63) is 34.7 Å². The number of nitrogens with two attached hydrogens (primary N) is 2. The molecule has 1 aliphatic rings. The number of hydrogen-bond donors (Lipinski definition) is 2. The number of halogens is 1. The van der Waals surface area contributed by atoms with Crippen molar-refractivity contribution < 1.29 is 4.79 Å². The van der Waals surface area contributed by atoms with Crippen molar-refractivity contribution >= 4 is 27.5 Å². The minimum absolute atomic E-state index is 0.381. The van der Waals surface area contributed by atoms with E-state index in [4.69, 9.17) is 11.5 Å². The molecule has 82 valence electrons. The van der Waals surface area contributed by atoms with Crippen LogP contribution in [0.3, 0.4) is 0 Å². The van der Waals surface area contributed by atoms with Crippen LogP contribution in [0.1, 0.15) is 5.56 Å². The first kappa shape index (κ1) is 10.7. The van der Waals surface area contributed by atoms with Crippen molar-refractivity contribution in [3.63, 3.8) is 0 Å². The number of pyridine rings is 1. The van der Waals surface area contributed by atoms with E-state index in [-0.39, 0.29) is 0 Å². The van der Waals surface area contributed by atoms with Gasteiger partial charge in [0.25, 0.3) is 5.91 Å². The maximum Gasteiger partial charge on any atom is 0.256 e. The first-order valence-electron chi connectivity index (χ1n) is 4.37. The normalized spacial score (nSPS) is 22.6. The molecule has 2 rings (SSSR count). The predicted molar refractivity (Wildman–Crippen MR) is 61.2 cm³/mol. The first-order chi connectivity index (χ1) is 7.56. The number of anilines is 1. The highest BCUT2D eigenvalue weighted by molar-refractivity contribution is 9.10. The van der Waals surface area contributed by atoms with Gasteiger partial charge in [-0.1, -0.05) is 0 Å². The summed E-state index contributed by atoms with van der Waals surface area (Å²) < 4.78 is 0.576. The Hall–Kier alpha value is -1.76. The third kappa shape index (κ3) is 1.49. The number of hydrogen-bond acceptors (Lipinski definition) is 5. The van der Waals surface area contributed by atoms with Gasteiger partial charge in [-0.2, -0.15) is 10.2 Å². The number of nitrogens with zero attached hydrogens (tertiary/aromatic N) is 3. The summed E-state index contributed by atoms with van der Waals surface area (Å²) in [6.45, 7) is 0. The number of amides is 1. The van der Waals surface area contributed by atoms with Gasteiger partial charge in [0.05, 0.1) is 0 Å². The van der Waals surface area contributed by atoms with Crippen LogP contribution in [0.2, 0.25) is 0 Å². The van der Waals surface area contributed by atoms with Crippen molar-refractivity contribution in [2.75, 3.05) is 5.73 Å². The molecule has 4 N–H and O–H groups in total. The Morgan fingerprint density at radius 2 is 2.25 bits per heavy atom. The molecule has 0 aliphatic carbocycles. The highest BCUT2D eigenvalue weighted by Gasteiger charge is 2.40. The van der Waals surface area contributed by atoms with Crippen LogP contribution in [0, 0.1) is 0 Å². The largest absolute Gasteiger partial charge is 0.398 e. The van der Waals surface area contributed by atoms with Crippen molar-refractivity contribution in [1.82, 2.24) is 4.98 Å². The molecular weight excluding hydrogens is 274 g/mol. The minimum Gasteiger partial charge on any atom is -0.398 e. The Morgan fingerprint density at radius 3 is 2.75 bits per heavy atom. The second-order valence-electron chi connectivity index (χ2n) is 3.26. The van der Waals surface area contributed by atoms with E-state index in [1.54, 1.807) is 6.07 Å². The topological polar surface area (TPSA) is 107 Å². The summed E-state index contributed by atoms with van der Waals surface area (Å²) >= 11 is 3.18. The number of carbonyl (C=O) groups is 1. The molecule has 0 saturated carbocycles. The molecule has 0 fully saturated rings. The average molecular weight is 282 g/mol. The average Bonchev–Trinajstić information content (AvgIpc) is 2.67. The highest BCUT2D eigenvalue weighted by Crippen LogP contribution is 2.35. The molecule has 0 saturated heterocycles. The molecule has 1 aliphatic heterocycles. The Kier molecular flexibility index (Phi) is 2.47. The van der Waals surface area contributed by atoms with Gasteiger partial charge in [-0.05, 0) is 28.1 Å². The number of azo groups is 1. The molecular formula is C9H8BrN5O. The zero-order valence-corrected chi connectivity index (χ0v) is 9.68. The van der Waals surface area contributed by atoms with Crippen LogP contribution >= 0.6 is 15.9 Å². The molecule has 0 bridgehead atoms. The van der Waals surface area contributed by atoms with Gasteiger partial charge in [-0.15, -0.1) is 0 Å². The van der Waals surface area contributed by atoms with Crippen LogP contribution in [0.5, 0.6) is 0 Å². The number of primary amides is 1. The van der Waals surface area contributed by atoms with E-state index in [0.717, 1.165) is 0 Å². The van der Waals surface area contributed by atoms with Gasteiger partial charge in [-0.3, -0.25) is 4.79 Å². The molecule has 1 aromatic rings. The molecule has 2 heterocycles. The minimum atomic E-state index is -1.32. The maximum absolute atomic E-state index is 11.5. The van der Waals surface area contributed by atoms with Crippen LogP contribution in [0.25, 0.3) is 0 Å². The smallest absolute Gasteiger partial charge is 0.256 e. The monoisotopic (exact) mass is 281 g/mol. The van der Waals surface area contributed by atoms with Crippen LogP contribution in [-0.2, 0) is 10.3 Å². The summed E-state index contributed by atoms with van der Waals surface area (Å²) in [7, 11) is 0. The maximum atomic E-state index is 11.5. The number of nitrogen functional groups attached to an aromatic ring is 1. The van der Waals surface area contributed by atoms with Gasteiger partial charge in [0.15, 0.2) is 0 Å². The van der Waals surface area contributed by atoms with Crippen LogP contribution in [0.15, 0.2) is 39.4 Å². The van der Waals surface area contributed by atoms with Crippen LogP contribution in [0.4, 0.5) is 5.69 Å². The Morgan fingerprint density at radius 1 is 1.50 bits per heavy atom. The summed E-state index contributed by atoms with van der Waals surface area (Å²) in [6.07, 6.45) is 4.36. The number of rotatable bonds is 2. The van der Waals surface area contributed by atoms with Crippen molar-refractivity contribution in [2.45, 2.75) is 5.54 Å². The first-order valence-corrected chi connectivity index (χ1v) is 5.17. The van der Waals surface area contributed by atoms with Gasteiger partial charge < -0.3 is 11.5 Å². The summed E-state index contributed by atoms with van der Waals surface area (Å²) in [5.74, 6) is -0.638. The lowest BCUT2D eigenvalue weighted by atomic mass is 9.90. The van der Waals surface area contributed by atoms with Gasteiger partial charge in [-0.25, -0.2) is 4.98 Å². The van der Waals surface area contributed by atoms with E-state index < -0.39 is 11.4 Å². The molecule has 1 unspecified atom stereocenters. The van der Waals surface area contributed by atoms with E-state index in [0.29, 0.717) is 15.9 Å². The van der Waals surface area contributed by atoms with Gasteiger partial charge >= 0.3 is 0 Å². The molecule has 0 radical (unpaired) electrons. The van der Waals surface area contributed by atoms with E-state index in [1.807, 2.05) is 0 Å². The summed E-state index contributed by atoms with van der Waals surface area (Å²) in [4.78, 5) is 15.5. The quantitative estimate of drug-likeness (QED) is 0.792. The zero-order valence-electron chi connectivity index (χ0n) is 8.09. The Balaban J connectivity index is 2.61. The summed E-state index contributed by atoms with van der Waals surface area (Å²) in [6, 6.07) is 1.59. The van der Waals surface area contributed by atoms with Crippen LogP contribution < -0.4 is 11.5 Å². The van der Waals surface area contributed by atoms with E-state index in [2.05, 4.69) is 31.1 Å². The van der Waals surface area contributed by atoms with E-state index >= 15 is 0 Å². The second-order valence-corrected chi connectivity index (χ2v) is 4.07. The van der Waals surface area contributed by atoms with Gasteiger partial charge in [0, 0.05) is 23.6 Å². The second kappa shape index (κ2) is 3.67. The van der Waals surface area contributed by atoms with Crippen molar-refractivity contribution in [2.24, 2.45) is 16.0 Å². The molecule has 0 spiro atoms. The molecule has 1 atom stereocenters. The van der Waals surface area contributed by atoms with E-state index in [1.165, 1.54) is 18.5 Å². The lowest BCUT2D eigenvalue weighted by Crippen LogP contribution is -2.37.